The number of aliphatic hydroxyl groups is 1. The largest absolute Gasteiger partial charge is 0.497 e. The minimum atomic E-state index is -0.308. The molecular formula is C15H22N2O3. The molecule has 1 saturated carbocycles. The number of amides is 1. The Morgan fingerprint density at radius 3 is 2.85 bits per heavy atom. The molecule has 2 atom stereocenters. The molecule has 1 aromatic rings. The number of nitrogen functional groups attached to an aromatic ring is 1. The quantitative estimate of drug-likeness (QED) is 0.730. The molecule has 4 N–H and O–H groups in total. The molecule has 0 heterocycles. The molecule has 110 valence electrons. The molecule has 0 bridgehead atoms. The van der Waals surface area contributed by atoms with Gasteiger partial charge >= 0.3 is 0 Å². The summed E-state index contributed by atoms with van der Waals surface area (Å²) >= 11 is 0. The molecule has 1 aliphatic rings. The second-order valence-electron chi connectivity index (χ2n) is 5.28. The zero-order valence-electron chi connectivity index (χ0n) is 11.8. The molecule has 0 saturated heterocycles. The maximum absolute atomic E-state index is 12.1. The number of nitrogens with two attached hydrogens (primary N) is 1. The third-order valence-corrected chi connectivity index (χ3v) is 3.90. The van der Waals surface area contributed by atoms with Crippen molar-refractivity contribution in [1.82, 2.24) is 5.32 Å². The average molecular weight is 278 g/mol. The number of nitrogens with one attached hydrogen (secondary N) is 1. The van der Waals surface area contributed by atoms with E-state index in [1.807, 2.05) is 0 Å². The van der Waals surface area contributed by atoms with E-state index in [0.29, 0.717) is 23.5 Å². The van der Waals surface area contributed by atoms with Crippen LogP contribution in [0.4, 0.5) is 5.69 Å². The van der Waals surface area contributed by atoms with Crippen LogP contribution in [0.2, 0.25) is 0 Å². The first-order valence-corrected chi connectivity index (χ1v) is 7.01. The first-order chi connectivity index (χ1) is 9.61. The standard InChI is InChI=1S/C15H22N2O3/c1-20-11-6-7-12(13(16)8-11)15(19)17-9-10-4-2-3-5-14(10)18/h6-8,10,14,18H,2-5,9,16H2,1H3,(H,17,19). The van der Waals surface area contributed by atoms with Crippen LogP contribution >= 0.6 is 0 Å². The van der Waals surface area contributed by atoms with Gasteiger partial charge in [0.15, 0.2) is 0 Å². The Balaban J connectivity index is 1.94. The van der Waals surface area contributed by atoms with Crippen molar-refractivity contribution in [3.05, 3.63) is 23.8 Å². The number of ether oxygens (including phenoxy) is 1. The number of carbonyl (C=O) groups is 1. The van der Waals surface area contributed by atoms with Crippen molar-refractivity contribution in [2.24, 2.45) is 5.92 Å². The minimum absolute atomic E-state index is 0.146. The van der Waals surface area contributed by atoms with E-state index in [4.69, 9.17) is 10.5 Å². The molecular weight excluding hydrogens is 256 g/mol. The Morgan fingerprint density at radius 2 is 2.20 bits per heavy atom. The van der Waals surface area contributed by atoms with E-state index < -0.39 is 0 Å². The van der Waals surface area contributed by atoms with E-state index in [1.54, 1.807) is 25.3 Å². The van der Waals surface area contributed by atoms with Crippen LogP contribution < -0.4 is 15.8 Å². The fraction of sp³-hybridized carbons (Fsp3) is 0.533. The van der Waals surface area contributed by atoms with E-state index in [1.165, 1.54) is 0 Å². The lowest BCUT2D eigenvalue weighted by molar-refractivity contribution is 0.0663. The minimum Gasteiger partial charge on any atom is -0.497 e. The first-order valence-electron chi connectivity index (χ1n) is 7.01. The van der Waals surface area contributed by atoms with Gasteiger partial charge in [0.2, 0.25) is 0 Å². The molecule has 1 fully saturated rings. The maximum atomic E-state index is 12.1. The molecule has 1 aliphatic carbocycles. The van der Waals surface area contributed by atoms with Gasteiger partial charge in [-0.1, -0.05) is 12.8 Å². The lowest BCUT2D eigenvalue weighted by atomic mass is 9.86. The number of aliphatic hydroxyl groups excluding tert-OH is 1. The fourth-order valence-electron chi connectivity index (χ4n) is 2.62. The number of rotatable bonds is 4. The highest BCUT2D eigenvalue weighted by molar-refractivity contribution is 5.99. The third kappa shape index (κ3) is 3.42. The SMILES string of the molecule is COc1ccc(C(=O)NCC2CCCCC2O)c(N)c1. The number of methoxy groups -OCH3 is 1. The summed E-state index contributed by atoms with van der Waals surface area (Å²) in [5.41, 5.74) is 6.68. The molecule has 2 unspecified atom stereocenters. The van der Waals surface area contributed by atoms with E-state index in [0.717, 1.165) is 25.7 Å². The van der Waals surface area contributed by atoms with Crippen molar-refractivity contribution in [3.8, 4) is 5.75 Å². The van der Waals surface area contributed by atoms with Gasteiger partial charge in [0.25, 0.3) is 5.91 Å². The Bertz CT molecular complexity index is 476. The molecule has 0 radical (unpaired) electrons. The second kappa shape index (κ2) is 6.61. The topological polar surface area (TPSA) is 84.6 Å². The number of benzene rings is 1. The third-order valence-electron chi connectivity index (χ3n) is 3.90. The molecule has 20 heavy (non-hydrogen) atoms. The van der Waals surface area contributed by atoms with E-state index >= 15 is 0 Å². The van der Waals surface area contributed by atoms with Crippen LogP contribution in [-0.2, 0) is 0 Å². The lowest BCUT2D eigenvalue weighted by Gasteiger charge is -2.27. The van der Waals surface area contributed by atoms with Gasteiger partial charge in [-0.3, -0.25) is 4.79 Å². The summed E-state index contributed by atoms with van der Waals surface area (Å²) in [7, 11) is 1.55. The highest BCUT2D eigenvalue weighted by atomic mass is 16.5. The van der Waals surface area contributed by atoms with Crippen LogP contribution in [0.15, 0.2) is 18.2 Å². The summed E-state index contributed by atoms with van der Waals surface area (Å²) in [5, 5.41) is 12.7. The van der Waals surface area contributed by atoms with Crippen LogP contribution in [-0.4, -0.2) is 30.8 Å². The van der Waals surface area contributed by atoms with Crippen molar-refractivity contribution in [3.63, 3.8) is 0 Å². The molecule has 1 amide bonds. The van der Waals surface area contributed by atoms with Gasteiger partial charge in [-0.2, -0.15) is 0 Å². The normalized spacial score (nSPS) is 22.3. The van der Waals surface area contributed by atoms with Crippen molar-refractivity contribution in [2.75, 3.05) is 19.4 Å². The molecule has 0 aromatic heterocycles. The summed E-state index contributed by atoms with van der Waals surface area (Å²) in [6.07, 6.45) is 3.65. The second-order valence-corrected chi connectivity index (χ2v) is 5.28. The molecule has 2 rings (SSSR count). The summed E-state index contributed by atoms with van der Waals surface area (Å²) < 4.78 is 5.05. The summed E-state index contributed by atoms with van der Waals surface area (Å²) in [6.45, 7) is 0.492. The number of anilines is 1. The van der Waals surface area contributed by atoms with Gasteiger partial charge in [-0.15, -0.1) is 0 Å². The van der Waals surface area contributed by atoms with Crippen molar-refractivity contribution >= 4 is 11.6 Å². The van der Waals surface area contributed by atoms with Crippen molar-refractivity contribution in [2.45, 2.75) is 31.8 Å². The van der Waals surface area contributed by atoms with Gasteiger partial charge in [0.05, 0.1) is 18.8 Å². The smallest absolute Gasteiger partial charge is 0.253 e. The molecule has 0 aliphatic heterocycles. The average Bonchev–Trinajstić information content (AvgIpc) is 2.46. The Labute approximate surface area is 119 Å². The van der Waals surface area contributed by atoms with Crippen molar-refractivity contribution < 1.29 is 14.6 Å². The zero-order valence-corrected chi connectivity index (χ0v) is 11.8. The van der Waals surface area contributed by atoms with E-state index in [9.17, 15) is 9.90 Å². The Morgan fingerprint density at radius 1 is 1.45 bits per heavy atom. The highest BCUT2D eigenvalue weighted by Crippen LogP contribution is 2.24. The summed E-state index contributed by atoms with van der Waals surface area (Å²) in [6, 6.07) is 4.99. The van der Waals surface area contributed by atoms with Gasteiger partial charge < -0.3 is 20.9 Å². The van der Waals surface area contributed by atoms with Crippen LogP contribution in [0, 0.1) is 5.92 Å². The fourth-order valence-corrected chi connectivity index (χ4v) is 2.62. The molecule has 0 spiro atoms. The highest BCUT2D eigenvalue weighted by Gasteiger charge is 2.23. The Kier molecular flexibility index (Phi) is 4.84. The number of carbonyl (C=O) groups excluding carboxylic acids is 1. The maximum Gasteiger partial charge on any atom is 0.253 e. The summed E-state index contributed by atoms with van der Waals surface area (Å²) in [5.74, 6) is 0.567. The summed E-state index contributed by atoms with van der Waals surface area (Å²) in [4.78, 5) is 12.1. The lowest BCUT2D eigenvalue weighted by Crippen LogP contribution is -2.36. The van der Waals surface area contributed by atoms with Gasteiger partial charge in [0.1, 0.15) is 5.75 Å². The van der Waals surface area contributed by atoms with Crippen LogP contribution in [0.3, 0.4) is 0 Å². The van der Waals surface area contributed by atoms with Gasteiger partial charge in [0, 0.05) is 24.2 Å². The molecule has 1 aromatic carbocycles. The van der Waals surface area contributed by atoms with Crippen LogP contribution in [0.1, 0.15) is 36.0 Å². The number of hydrogen-bond acceptors (Lipinski definition) is 4. The predicted molar refractivity (Wildman–Crippen MR) is 77.7 cm³/mol. The monoisotopic (exact) mass is 278 g/mol. The van der Waals surface area contributed by atoms with Crippen LogP contribution in [0.25, 0.3) is 0 Å². The zero-order chi connectivity index (χ0) is 14.5. The van der Waals surface area contributed by atoms with E-state index in [-0.39, 0.29) is 17.9 Å². The first kappa shape index (κ1) is 14.7. The Hall–Kier alpha value is -1.75. The molecule has 5 heteroatoms. The van der Waals surface area contributed by atoms with Gasteiger partial charge in [-0.05, 0) is 25.0 Å². The van der Waals surface area contributed by atoms with Gasteiger partial charge in [-0.25, -0.2) is 0 Å². The predicted octanol–water partition coefficient (Wildman–Crippen LogP) is 1.56. The van der Waals surface area contributed by atoms with Crippen molar-refractivity contribution in [1.29, 1.82) is 0 Å². The van der Waals surface area contributed by atoms with Crippen LogP contribution in [0.5, 0.6) is 5.75 Å². The van der Waals surface area contributed by atoms with E-state index in [2.05, 4.69) is 5.32 Å². The number of hydrogen-bond donors (Lipinski definition) is 3. The molecule has 5 nitrogen and oxygen atoms in total.